The minimum atomic E-state index is -0.0613. The van der Waals surface area contributed by atoms with Crippen LogP contribution in [0.1, 0.15) is 5.56 Å². The molecule has 0 unspecified atom stereocenters. The van der Waals surface area contributed by atoms with Crippen molar-refractivity contribution in [2.75, 3.05) is 10.6 Å². The summed E-state index contributed by atoms with van der Waals surface area (Å²) in [5.74, 6) is -0.0613. The van der Waals surface area contributed by atoms with E-state index in [0.717, 1.165) is 33.3 Å². The van der Waals surface area contributed by atoms with Gasteiger partial charge < -0.3 is 10.6 Å². The van der Waals surface area contributed by atoms with E-state index in [2.05, 4.69) is 25.6 Å². The Morgan fingerprint density at radius 2 is 1.50 bits per heavy atom. The van der Waals surface area contributed by atoms with Crippen LogP contribution in [0.3, 0.4) is 0 Å². The first kappa shape index (κ1) is 17.8. The molecule has 0 aliphatic carbocycles. The molecule has 3 aromatic heterocycles. The number of thiazole rings is 1. The maximum absolute atomic E-state index is 12.1. The van der Waals surface area contributed by atoms with Crippen molar-refractivity contribution in [3.63, 3.8) is 0 Å². The van der Waals surface area contributed by atoms with E-state index in [9.17, 15) is 4.79 Å². The van der Waals surface area contributed by atoms with E-state index >= 15 is 0 Å². The van der Waals surface area contributed by atoms with Crippen molar-refractivity contribution in [1.82, 2.24) is 15.0 Å². The van der Waals surface area contributed by atoms with Crippen LogP contribution in [-0.4, -0.2) is 20.9 Å². The van der Waals surface area contributed by atoms with Gasteiger partial charge in [-0.2, -0.15) is 0 Å². The van der Waals surface area contributed by atoms with Crippen LogP contribution in [0.15, 0.2) is 78.7 Å². The molecule has 0 radical (unpaired) electrons. The number of carbonyl (C=O) groups is 1. The van der Waals surface area contributed by atoms with Gasteiger partial charge in [0.15, 0.2) is 5.13 Å². The first-order chi connectivity index (χ1) is 13.8. The van der Waals surface area contributed by atoms with Gasteiger partial charge in [-0.3, -0.25) is 14.8 Å². The molecule has 1 amide bonds. The van der Waals surface area contributed by atoms with Gasteiger partial charge in [-0.25, -0.2) is 4.98 Å². The summed E-state index contributed by atoms with van der Waals surface area (Å²) in [7, 11) is 0. The molecule has 28 heavy (non-hydrogen) atoms. The van der Waals surface area contributed by atoms with Gasteiger partial charge in [0, 0.05) is 47.1 Å². The summed E-state index contributed by atoms with van der Waals surface area (Å²) >= 11 is 1.54. The number of benzene rings is 1. The summed E-state index contributed by atoms with van der Waals surface area (Å²) in [5.41, 5.74) is 4.53. The van der Waals surface area contributed by atoms with Crippen molar-refractivity contribution in [3.05, 3.63) is 84.3 Å². The quantitative estimate of drug-likeness (QED) is 0.508. The Balaban J connectivity index is 1.36. The molecule has 2 N–H and O–H groups in total. The monoisotopic (exact) mass is 387 g/mol. The molecule has 0 fully saturated rings. The van der Waals surface area contributed by atoms with Crippen molar-refractivity contribution in [1.29, 1.82) is 0 Å². The van der Waals surface area contributed by atoms with E-state index in [1.54, 1.807) is 24.8 Å². The van der Waals surface area contributed by atoms with Gasteiger partial charge in [-0.05, 0) is 54.1 Å². The predicted octanol–water partition coefficient (Wildman–Crippen LogP) is 4.52. The third kappa shape index (κ3) is 4.57. The lowest BCUT2D eigenvalue weighted by Crippen LogP contribution is -2.14. The molecule has 0 saturated carbocycles. The highest BCUT2D eigenvalue weighted by Crippen LogP contribution is 2.27. The van der Waals surface area contributed by atoms with Crippen molar-refractivity contribution in [2.45, 2.75) is 6.42 Å². The number of carbonyl (C=O) groups excluding carboxylic acids is 1. The molecule has 0 spiro atoms. The number of pyridine rings is 2. The zero-order chi connectivity index (χ0) is 19.2. The molecular weight excluding hydrogens is 370 g/mol. The number of aromatic nitrogens is 3. The zero-order valence-corrected chi connectivity index (χ0v) is 15.7. The molecule has 0 atom stereocenters. The minimum absolute atomic E-state index is 0.0613. The average molecular weight is 387 g/mol. The molecule has 7 heteroatoms. The molecular formula is C21H17N5OS. The number of amides is 1. The summed E-state index contributed by atoms with van der Waals surface area (Å²) in [6.07, 6.45) is 7.19. The average Bonchev–Trinajstić information content (AvgIpc) is 3.19. The van der Waals surface area contributed by atoms with E-state index in [0.29, 0.717) is 6.42 Å². The number of hydrogen-bond donors (Lipinski definition) is 2. The van der Waals surface area contributed by atoms with Crippen LogP contribution in [0.4, 0.5) is 16.5 Å². The second-order valence-corrected chi connectivity index (χ2v) is 6.91. The lowest BCUT2D eigenvalue weighted by Gasteiger charge is -2.07. The largest absolute Gasteiger partial charge is 0.332 e. The van der Waals surface area contributed by atoms with E-state index in [1.807, 2.05) is 53.9 Å². The Kier molecular flexibility index (Phi) is 5.35. The first-order valence-corrected chi connectivity index (χ1v) is 9.56. The fourth-order valence-corrected chi connectivity index (χ4v) is 3.38. The van der Waals surface area contributed by atoms with Crippen molar-refractivity contribution in [3.8, 4) is 11.3 Å². The highest BCUT2D eigenvalue weighted by Gasteiger charge is 2.06. The highest BCUT2D eigenvalue weighted by molar-refractivity contribution is 7.14. The van der Waals surface area contributed by atoms with Crippen LogP contribution in [0.5, 0.6) is 0 Å². The Morgan fingerprint density at radius 3 is 2.21 bits per heavy atom. The lowest BCUT2D eigenvalue weighted by atomic mass is 10.2. The van der Waals surface area contributed by atoms with Gasteiger partial charge in [0.05, 0.1) is 12.1 Å². The topological polar surface area (TPSA) is 79.8 Å². The molecule has 4 aromatic rings. The Labute approximate surface area is 166 Å². The third-order valence-corrected chi connectivity index (χ3v) is 4.77. The van der Waals surface area contributed by atoms with Crippen molar-refractivity contribution >= 4 is 33.8 Å². The van der Waals surface area contributed by atoms with Crippen LogP contribution < -0.4 is 10.6 Å². The number of nitrogens with zero attached hydrogens (tertiary/aromatic N) is 3. The van der Waals surface area contributed by atoms with E-state index in [1.165, 1.54) is 11.3 Å². The normalized spacial score (nSPS) is 10.4. The summed E-state index contributed by atoms with van der Waals surface area (Å²) in [6.45, 7) is 0. The molecule has 0 saturated heterocycles. The molecule has 3 heterocycles. The lowest BCUT2D eigenvalue weighted by molar-refractivity contribution is -0.115. The van der Waals surface area contributed by atoms with Gasteiger partial charge in [-0.1, -0.05) is 0 Å². The SMILES string of the molecule is O=C(Cc1ccncc1)Nc1ccc(Nc2nc(-c3ccncc3)cs2)cc1. The van der Waals surface area contributed by atoms with Crippen LogP contribution in [0.25, 0.3) is 11.3 Å². The third-order valence-electron chi connectivity index (χ3n) is 4.01. The van der Waals surface area contributed by atoms with Crippen LogP contribution in [0.2, 0.25) is 0 Å². The van der Waals surface area contributed by atoms with Crippen molar-refractivity contribution < 1.29 is 4.79 Å². The summed E-state index contributed by atoms with van der Waals surface area (Å²) in [6, 6.07) is 15.1. The second kappa shape index (κ2) is 8.41. The fraction of sp³-hybridized carbons (Fsp3) is 0.0476. The van der Waals surface area contributed by atoms with Gasteiger partial charge >= 0.3 is 0 Å². The van der Waals surface area contributed by atoms with Gasteiger partial charge in [0.1, 0.15) is 0 Å². The van der Waals surface area contributed by atoms with Crippen molar-refractivity contribution in [2.24, 2.45) is 0 Å². The maximum Gasteiger partial charge on any atom is 0.228 e. The standard InChI is InChI=1S/C21H17N5OS/c27-20(13-15-5-9-22-10-6-15)24-17-1-3-18(4-2-17)25-21-26-19(14-28-21)16-7-11-23-12-8-16/h1-12,14H,13H2,(H,24,27)(H,25,26). The molecule has 0 bridgehead atoms. The molecule has 4 rings (SSSR count). The molecule has 0 aliphatic heterocycles. The number of nitrogens with one attached hydrogen (secondary N) is 2. The Bertz CT molecular complexity index is 1050. The fourth-order valence-electron chi connectivity index (χ4n) is 2.64. The van der Waals surface area contributed by atoms with Crippen LogP contribution in [-0.2, 0) is 11.2 Å². The predicted molar refractivity (Wildman–Crippen MR) is 112 cm³/mol. The first-order valence-electron chi connectivity index (χ1n) is 8.68. The van der Waals surface area contributed by atoms with Crippen LogP contribution >= 0.6 is 11.3 Å². The Morgan fingerprint density at radius 1 is 0.857 bits per heavy atom. The molecule has 6 nitrogen and oxygen atoms in total. The summed E-state index contributed by atoms with van der Waals surface area (Å²) < 4.78 is 0. The summed E-state index contributed by atoms with van der Waals surface area (Å²) in [4.78, 5) is 24.7. The van der Waals surface area contributed by atoms with E-state index in [4.69, 9.17) is 0 Å². The van der Waals surface area contributed by atoms with E-state index in [-0.39, 0.29) is 5.91 Å². The smallest absolute Gasteiger partial charge is 0.228 e. The van der Waals surface area contributed by atoms with Gasteiger partial charge in [-0.15, -0.1) is 11.3 Å². The number of hydrogen-bond acceptors (Lipinski definition) is 6. The van der Waals surface area contributed by atoms with E-state index < -0.39 is 0 Å². The highest BCUT2D eigenvalue weighted by atomic mass is 32.1. The molecule has 138 valence electrons. The summed E-state index contributed by atoms with van der Waals surface area (Å²) in [5, 5.41) is 9.00. The van der Waals surface area contributed by atoms with Gasteiger partial charge in [0.2, 0.25) is 5.91 Å². The maximum atomic E-state index is 12.1. The number of anilines is 3. The number of rotatable bonds is 6. The molecule has 0 aliphatic rings. The zero-order valence-electron chi connectivity index (χ0n) is 14.9. The second-order valence-electron chi connectivity index (χ2n) is 6.06. The van der Waals surface area contributed by atoms with Gasteiger partial charge in [0.25, 0.3) is 0 Å². The minimum Gasteiger partial charge on any atom is -0.332 e. The molecule has 1 aromatic carbocycles. The Hall–Kier alpha value is -3.58. The van der Waals surface area contributed by atoms with Crippen LogP contribution in [0, 0.1) is 0 Å².